The number of carbonyl (C=O) groups is 2. The van der Waals surface area contributed by atoms with Crippen molar-refractivity contribution in [1.82, 2.24) is 5.32 Å². The monoisotopic (exact) mass is 359 g/mol. The molecule has 0 fully saturated rings. The van der Waals surface area contributed by atoms with Gasteiger partial charge in [-0.1, -0.05) is 57.6 Å². The fraction of sp³-hybridized carbons (Fsp3) is 0.579. The average Bonchev–Trinajstić information content (AvgIpc) is 2.55. The van der Waals surface area contributed by atoms with Crippen molar-refractivity contribution in [2.75, 3.05) is 0 Å². The number of amides is 1. The van der Waals surface area contributed by atoms with Gasteiger partial charge in [-0.15, -0.1) is 0 Å². The summed E-state index contributed by atoms with van der Waals surface area (Å²) in [7, 11) is 0. The molecule has 6 heteroatoms. The van der Waals surface area contributed by atoms with E-state index in [0.29, 0.717) is 6.42 Å². The minimum atomic E-state index is -1.05. The van der Waals surface area contributed by atoms with Crippen molar-refractivity contribution in [3.8, 4) is 5.75 Å². The molecule has 0 heterocycles. The van der Waals surface area contributed by atoms with Gasteiger partial charge in [-0.25, -0.2) is 4.79 Å². The van der Waals surface area contributed by atoms with Gasteiger partial charge in [-0.05, 0) is 24.1 Å². The zero-order valence-electron chi connectivity index (χ0n) is 16.5. The smallest absolute Gasteiger partial charge is 1.00 e. The van der Waals surface area contributed by atoms with Gasteiger partial charge >= 0.3 is 35.5 Å². The molecule has 5 nitrogen and oxygen atoms in total. The largest absolute Gasteiger partial charge is 1.00 e. The van der Waals surface area contributed by atoms with Crippen LogP contribution in [0.5, 0.6) is 5.75 Å². The second-order valence-electron chi connectivity index (χ2n) is 6.20. The summed E-state index contributed by atoms with van der Waals surface area (Å²) in [6.07, 6.45) is 8.44. The minimum Gasteiger partial charge on any atom is -1.00 e. The van der Waals surface area contributed by atoms with Crippen LogP contribution in [-0.2, 0) is 16.0 Å². The first-order valence-electron chi connectivity index (χ1n) is 8.83. The summed E-state index contributed by atoms with van der Waals surface area (Å²) < 4.78 is 0. The molecule has 0 saturated carbocycles. The SMILES string of the molecule is CCCCCCCCCC(=O)NC(Cc1ccc(O)cc1)C(=O)O.[H-].[Na+]. The fourth-order valence-electron chi connectivity index (χ4n) is 2.58. The number of aromatic hydroxyl groups is 1. The van der Waals surface area contributed by atoms with Gasteiger partial charge in [-0.3, -0.25) is 4.79 Å². The third kappa shape index (κ3) is 11.2. The molecule has 1 atom stereocenters. The predicted molar refractivity (Wildman–Crippen MR) is 95.1 cm³/mol. The number of carbonyl (C=O) groups excluding carboxylic acids is 1. The van der Waals surface area contributed by atoms with Crippen molar-refractivity contribution in [2.24, 2.45) is 0 Å². The van der Waals surface area contributed by atoms with E-state index in [4.69, 9.17) is 0 Å². The Bertz CT molecular complexity index is 511. The number of carboxylic acid groups (broad SMARTS) is 1. The summed E-state index contributed by atoms with van der Waals surface area (Å²) in [6, 6.07) is 5.40. The third-order valence-electron chi connectivity index (χ3n) is 4.02. The van der Waals surface area contributed by atoms with Gasteiger partial charge < -0.3 is 17.0 Å². The van der Waals surface area contributed by atoms with Crippen LogP contribution in [0.25, 0.3) is 0 Å². The van der Waals surface area contributed by atoms with Crippen molar-refractivity contribution >= 4 is 11.9 Å². The zero-order chi connectivity index (χ0) is 17.8. The van der Waals surface area contributed by atoms with E-state index in [1.54, 1.807) is 12.1 Å². The maximum absolute atomic E-state index is 11.9. The number of aliphatic carboxylic acids is 1. The van der Waals surface area contributed by atoms with Crippen LogP contribution in [0, 0.1) is 0 Å². The molecule has 1 amide bonds. The third-order valence-corrected chi connectivity index (χ3v) is 4.02. The molecule has 3 N–H and O–H groups in total. The molecular weight excluding hydrogens is 329 g/mol. The molecule has 136 valence electrons. The van der Waals surface area contributed by atoms with E-state index in [-0.39, 0.29) is 49.1 Å². The van der Waals surface area contributed by atoms with Crippen molar-refractivity contribution < 1.29 is 50.8 Å². The van der Waals surface area contributed by atoms with Crippen LogP contribution in [0.3, 0.4) is 0 Å². The van der Waals surface area contributed by atoms with Gasteiger partial charge in [0.05, 0.1) is 0 Å². The molecule has 0 radical (unpaired) electrons. The van der Waals surface area contributed by atoms with Crippen LogP contribution in [-0.4, -0.2) is 28.1 Å². The first-order valence-corrected chi connectivity index (χ1v) is 8.83. The quantitative estimate of drug-likeness (QED) is 0.380. The molecule has 0 spiro atoms. The Morgan fingerprint density at radius 3 is 2.16 bits per heavy atom. The molecule has 1 unspecified atom stereocenters. The molecule has 0 aliphatic rings. The summed E-state index contributed by atoms with van der Waals surface area (Å²) in [5.74, 6) is -1.13. The number of unbranched alkanes of at least 4 members (excludes halogenated alkanes) is 6. The zero-order valence-corrected chi connectivity index (χ0v) is 17.5. The Kier molecular flexibility index (Phi) is 13.6. The molecule has 1 rings (SSSR count). The first-order chi connectivity index (χ1) is 11.5. The molecule has 1 aromatic carbocycles. The maximum Gasteiger partial charge on any atom is 1.00 e. The van der Waals surface area contributed by atoms with E-state index in [1.807, 2.05) is 0 Å². The molecule has 0 bridgehead atoms. The summed E-state index contributed by atoms with van der Waals surface area (Å²) >= 11 is 0. The van der Waals surface area contributed by atoms with Crippen molar-refractivity contribution in [3.63, 3.8) is 0 Å². The minimum absolute atomic E-state index is 0. The van der Waals surface area contributed by atoms with Gasteiger partial charge in [0.2, 0.25) is 5.91 Å². The average molecular weight is 359 g/mol. The number of phenols is 1. The maximum atomic E-state index is 11.9. The van der Waals surface area contributed by atoms with Crippen molar-refractivity contribution in [3.05, 3.63) is 29.8 Å². The van der Waals surface area contributed by atoms with Gasteiger partial charge in [-0.2, -0.15) is 0 Å². The molecular formula is C19H30NNaO4. The van der Waals surface area contributed by atoms with Crippen molar-refractivity contribution in [1.29, 1.82) is 0 Å². The normalized spacial score (nSPS) is 11.4. The van der Waals surface area contributed by atoms with Crippen LogP contribution in [0.4, 0.5) is 0 Å². The number of hydrogen-bond acceptors (Lipinski definition) is 3. The molecule has 0 saturated heterocycles. The number of benzene rings is 1. The summed E-state index contributed by atoms with van der Waals surface area (Å²) in [5.41, 5.74) is 0.761. The van der Waals surface area contributed by atoms with Gasteiger partial charge in [0.25, 0.3) is 0 Å². The van der Waals surface area contributed by atoms with E-state index in [0.717, 1.165) is 24.8 Å². The molecule has 25 heavy (non-hydrogen) atoms. The standard InChI is InChI=1S/C19H29NO4.Na.H/c1-2-3-4-5-6-7-8-9-18(22)20-17(19(23)24)14-15-10-12-16(21)13-11-15;;/h10-13,17,21H,2-9,14H2,1H3,(H,20,22)(H,23,24);;/q;+1;-1. The number of phenolic OH excluding ortho intramolecular Hbond substituents is 1. The predicted octanol–water partition coefficient (Wildman–Crippen LogP) is 0.761. The topological polar surface area (TPSA) is 86.6 Å². The Hall–Kier alpha value is -1.04. The van der Waals surface area contributed by atoms with Crippen LogP contribution < -0.4 is 34.9 Å². The van der Waals surface area contributed by atoms with Gasteiger partial charge in [0.15, 0.2) is 0 Å². The van der Waals surface area contributed by atoms with Crippen LogP contribution in [0.15, 0.2) is 24.3 Å². The second-order valence-corrected chi connectivity index (χ2v) is 6.20. The molecule has 0 aliphatic heterocycles. The van der Waals surface area contributed by atoms with E-state index >= 15 is 0 Å². The first kappa shape index (κ1) is 24.0. The summed E-state index contributed by atoms with van der Waals surface area (Å²) in [4.78, 5) is 23.2. The number of carboxylic acids is 1. The van der Waals surface area contributed by atoms with Crippen LogP contribution >= 0.6 is 0 Å². The molecule has 1 aromatic rings. The second kappa shape index (κ2) is 14.2. The number of nitrogens with one attached hydrogen (secondary N) is 1. The van der Waals surface area contributed by atoms with E-state index < -0.39 is 12.0 Å². The Balaban J connectivity index is 0. The Labute approximate surface area is 174 Å². The molecule has 0 aromatic heterocycles. The van der Waals surface area contributed by atoms with Gasteiger partial charge in [0.1, 0.15) is 11.8 Å². The fourth-order valence-corrected chi connectivity index (χ4v) is 2.58. The summed E-state index contributed by atoms with van der Waals surface area (Å²) in [6.45, 7) is 2.18. The van der Waals surface area contributed by atoms with Crippen molar-refractivity contribution in [2.45, 2.75) is 70.8 Å². The number of hydrogen-bond donors (Lipinski definition) is 3. The van der Waals surface area contributed by atoms with E-state index in [9.17, 15) is 19.8 Å². The number of rotatable bonds is 12. The van der Waals surface area contributed by atoms with Crippen LogP contribution in [0.1, 0.15) is 65.3 Å². The van der Waals surface area contributed by atoms with E-state index in [2.05, 4.69) is 12.2 Å². The Morgan fingerprint density at radius 2 is 1.60 bits per heavy atom. The Morgan fingerprint density at radius 1 is 1.04 bits per heavy atom. The van der Waals surface area contributed by atoms with Crippen LogP contribution in [0.2, 0.25) is 0 Å². The van der Waals surface area contributed by atoms with Gasteiger partial charge in [0, 0.05) is 12.8 Å². The van der Waals surface area contributed by atoms with E-state index in [1.165, 1.54) is 37.8 Å². The molecule has 0 aliphatic carbocycles. The summed E-state index contributed by atoms with van der Waals surface area (Å²) in [5, 5.41) is 21.1.